The van der Waals surface area contributed by atoms with Gasteiger partial charge in [-0.3, -0.25) is 4.79 Å². The van der Waals surface area contributed by atoms with E-state index in [1.807, 2.05) is 12.3 Å². The number of rotatable bonds is 5. The minimum absolute atomic E-state index is 0.156. The first-order chi connectivity index (χ1) is 9.20. The molecular formula is C13H20N2O3S. The van der Waals surface area contributed by atoms with Gasteiger partial charge in [0.1, 0.15) is 0 Å². The monoisotopic (exact) mass is 284 g/mol. The number of hydrogen-bond acceptors (Lipinski definition) is 6. The van der Waals surface area contributed by atoms with Gasteiger partial charge in [-0.25, -0.2) is 4.98 Å². The second kappa shape index (κ2) is 6.86. The SMILES string of the molecule is CCOC(=O)CCc1csc(N2CCOCC2C)n1. The molecule has 1 saturated heterocycles. The van der Waals surface area contributed by atoms with Crippen LogP contribution in [0.1, 0.15) is 26.0 Å². The highest BCUT2D eigenvalue weighted by atomic mass is 32.1. The average Bonchev–Trinajstić information content (AvgIpc) is 2.86. The number of hydrogen-bond donors (Lipinski definition) is 0. The van der Waals surface area contributed by atoms with E-state index in [2.05, 4.69) is 16.8 Å². The van der Waals surface area contributed by atoms with Gasteiger partial charge >= 0.3 is 5.97 Å². The molecule has 1 aliphatic heterocycles. The second-order valence-corrected chi connectivity index (χ2v) is 5.38. The summed E-state index contributed by atoms with van der Waals surface area (Å²) in [6.07, 6.45) is 1.05. The second-order valence-electron chi connectivity index (χ2n) is 4.54. The zero-order valence-electron chi connectivity index (χ0n) is 11.4. The summed E-state index contributed by atoms with van der Waals surface area (Å²) in [6, 6.07) is 0.359. The molecule has 0 aliphatic carbocycles. The van der Waals surface area contributed by atoms with Crippen LogP contribution in [0.25, 0.3) is 0 Å². The van der Waals surface area contributed by atoms with Gasteiger partial charge in [-0.15, -0.1) is 11.3 Å². The minimum atomic E-state index is -0.156. The molecule has 0 spiro atoms. The zero-order chi connectivity index (χ0) is 13.7. The lowest BCUT2D eigenvalue weighted by molar-refractivity contribution is -0.143. The summed E-state index contributed by atoms with van der Waals surface area (Å²) in [6.45, 7) is 6.77. The van der Waals surface area contributed by atoms with E-state index in [-0.39, 0.29) is 5.97 Å². The molecule has 1 aromatic rings. The molecule has 6 heteroatoms. The van der Waals surface area contributed by atoms with Gasteiger partial charge in [0, 0.05) is 18.3 Å². The molecule has 1 atom stereocenters. The topological polar surface area (TPSA) is 51.7 Å². The number of nitrogens with zero attached hydrogens (tertiary/aromatic N) is 2. The molecule has 5 nitrogen and oxygen atoms in total. The number of morpholine rings is 1. The maximum absolute atomic E-state index is 11.3. The van der Waals surface area contributed by atoms with E-state index in [9.17, 15) is 4.79 Å². The van der Waals surface area contributed by atoms with Gasteiger partial charge < -0.3 is 14.4 Å². The quantitative estimate of drug-likeness (QED) is 0.773. The summed E-state index contributed by atoms with van der Waals surface area (Å²) in [5.74, 6) is -0.156. The molecule has 106 valence electrons. The van der Waals surface area contributed by atoms with Crippen LogP contribution in [0.4, 0.5) is 5.13 Å². The largest absolute Gasteiger partial charge is 0.466 e. The van der Waals surface area contributed by atoms with Gasteiger partial charge in [0.2, 0.25) is 0 Å². The molecule has 0 bridgehead atoms. The standard InChI is InChI=1S/C13H20N2O3S/c1-3-18-12(16)5-4-11-9-19-13(14-11)15-6-7-17-8-10(15)2/h9-10H,3-8H2,1-2H3. The zero-order valence-corrected chi connectivity index (χ0v) is 12.2. The fourth-order valence-electron chi connectivity index (χ4n) is 2.02. The molecule has 1 aromatic heterocycles. The lowest BCUT2D eigenvalue weighted by atomic mass is 10.2. The van der Waals surface area contributed by atoms with E-state index in [1.165, 1.54) is 0 Å². The molecular weight excluding hydrogens is 264 g/mol. The molecule has 2 rings (SSSR count). The summed E-state index contributed by atoms with van der Waals surface area (Å²) in [5, 5.41) is 3.05. The Balaban J connectivity index is 1.89. The predicted octanol–water partition coefficient (Wildman–Crippen LogP) is 1.86. The van der Waals surface area contributed by atoms with Crippen LogP contribution in [-0.4, -0.2) is 43.4 Å². The highest BCUT2D eigenvalue weighted by Crippen LogP contribution is 2.24. The van der Waals surface area contributed by atoms with Crippen LogP contribution in [0, 0.1) is 0 Å². The number of esters is 1. The van der Waals surface area contributed by atoms with Crippen molar-refractivity contribution in [2.24, 2.45) is 0 Å². The van der Waals surface area contributed by atoms with Crippen molar-refractivity contribution in [3.63, 3.8) is 0 Å². The highest BCUT2D eigenvalue weighted by molar-refractivity contribution is 7.13. The summed E-state index contributed by atoms with van der Waals surface area (Å²) in [4.78, 5) is 18.2. The lowest BCUT2D eigenvalue weighted by Gasteiger charge is -2.32. The molecule has 0 saturated carbocycles. The van der Waals surface area contributed by atoms with Crippen molar-refractivity contribution >= 4 is 22.4 Å². The number of carbonyl (C=O) groups excluding carboxylic acids is 1. The van der Waals surface area contributed by atoms with Gasteiger partial charge in [-0.2, -0.15) is 0 Å². The van der Waals surface area contributed by atoms with Crippen molar-refractivity contribution in [2.75, 3.05) is 31.3 Å². The Bertz CT molecular complexity index is 422. The Morgan fingerprint density at radius 1 is 1.68 bits per heavy atom. The number of thiazole rings is 1. The summed E-state index contributed by atoms with van der Waals surface area (Å²) in [7, 11) is 0. The molecule has 1 aliphatic rings. The molecule has 2 heterocycles. The Morgan fingerprint density at radius 2 is 2.53 bits per heavy atom. The van der Waals surface area contributed by atoms with Crippen molar-refractivity contribution < 1.29 is 14.3 Å². The maximum Gasteiger partial charge on any atom is 0.306 e. The molecule has 1 fully saturated rings. The molecule has 19 heavy (non-hydrogen) atoms. The average molecular weight is 284 g/mol. The summed E-state index contributed by atoms with van der Waals surface area (Å²) >= 11 is 1.63. The molecule has 0 aromatic carbocycles. The van der Waals surface area contributed by atoms with Crippen molar-refractivity contribution in [3.8, 4) is 0 Å². The van der Waals surface area contributed by atoms with Crippen LogP contribution in [0.2, 0.25) is 0 Å². The Morgan fingerprint density at radius 3 is 3.26 bits per heavy atom. The van der Waals surface area contributed by atoms with Gasteiger partial charge in [-0.1, -0.05) is 0 Å². The fraction of sp³-hybridized carbons (Fsp3) is 0.692. The van der Waals surface area contributed by atoms with E-state index in [0.29, 0.717) is 25.5 Å². The fourth-order valence-corrected chi connectivity index (χ4v) is 3.01. The number of aromatic nitrogens is 1. The molecule has 0 N–H and O–H groups in total. The predicted molar refractivity (Wildman–Crippen MR) is 74.7 cm³/mol. The molecule has 1 unspecified atom stereocenters. The third-order valence-electron chi connectivity index (χ3n) is 3.04. The maximum atomic E-state index is 11.3. The van der Waals surface area contributed by atoms with Crippen molar-refractivity contribution in [1.82, 2.24) is 4.98 Å². The van der Waals surface area contributed by atoms with Crippen molar-refractivity contribution in [2.45, 2.75) is 32.7 Å². The van der Waals surface area contributed by atoms with Crippen LogP contribution in [0.3, 0.4) is 0 Å². The van der Waals surface area contributed by atoms with Crippen LogP contribution < -0.4 is 4.90 Å². The number of anilines is 1. The normalized spacial score (nSPS) is 19.5. The summed E-state index contributed by atoms with van der Waals surface area (Å²) in [5.41, 5.74) is 0.965. The van der Waals surface area contributed by atoms with E-state index in [4.69, 9.17) is 9.47 Å². The molecule has 0 amide bonds. The number of ether oxygens (including phenoxy) is 2. The minimum Gasteiger partial charge on any atom is -0.466 e. The Kier molecular flexibility index (Phi) is 5.15. The van der Waals surface area contributed by atoms with Gasteiger partial charge in [0.15, 0.2) is 5.13 Å². The lowest BCUT2D eigenvalue weighted by Crippen LogP contribution is -2.43. The van der Waals surface area contributed by atoms with Crippen LogP contribution in [-0.2, 0) is 20.7 Å². The van der Waals surface area contributed by atoms with Crippen molar-refractivity contribution in [1.29, 1.82) is 0 Å². The van der Waals surface area contributed by atoms with E-state index in [1.54, 1.807) is 11.3 Å². The first kappa shape index (κ1) is 14.3. The highest BCUT2D eigenvalue weighted by Gasteiger charge is 2.21. The van der Waals surface area contributed by atoms with Crippen LogP contribution in [0.5, 0.6) is 0 Å². The number of carbonyl (C=O) groups is 1. The Labute approximate surface area is 117 Å². The molecule has 0 radical (unpaired) electrons. The van der Waals surface area contributed by atoms with Crippen molar-refractivity contribution in [3.05, 3.63) is 11.1 Å². The third kappa shape index (κ3) is 3.91. The third-order valence-corrected chi connectivity index (χ3v) is 3.97. The Hall–Kier alpha value is -1.14. The van der Waals surface area contributed by atoms with Crippen LogP contribution >= 0.6 is 11.3 Å². The number of aryl methyl sites for hydroxylation is 1. The van der Waals surface area contributed by atoms with E-state index < -0.39 is 0 Å². The van der Waals surface area contributed by atoms with E-state index >= 15 is 0 Å². The first-order valence-corrected chi connectivity index (χ1v) is 7.53. The van der Waals surface area contributed by atoms with Crippen LogP contribution in [0.15, 0.2) is 5.38 Å². The summed E-state index contributed by atoms with van der Waals surface area (Å²) < 4.78 is 10.3. The van der Waals surface area contributed by atoms with Gasteiger partial charge in [0.25, 0.3) is 0 Å². The smallest absolute Gasteiger partial charge is 0.306 e. The van der Waals surface area contributed by atoms with Gasteiger partial charge in [0.05, 0.1) is 38.0 Å². The van der Waals surface area contributed by atoms with E-state index in [0.717, 1.165) is 30.6 Å². The van der Waals surface area contributed by atoms with Gasteiger partial charge in [-0.05, 0) is 13.8 Å². The first-order valence-electron chi connectivity index (χ1n) is 6.65.